The molecule has 0 saturated carbocycles. The van der Waals surface area contributed by atoms with E-state index in [1.54, 1.807) is 11.4 Å². The third-order valence-corrected chi connectivity index (χ3v) is 8.98. The fraction of sp³-hybridized carbons (Fsp3) is 0.333. The summed E-state index contributed by atoms with van der Waals surface area (Å²) in [5, 5.41) is 12.4. The SMILES string of the molecule is CC(NC(=O)[C@@H]1CC2(CN1C(=O)CN1Cc3ccc(-c4ccccc4)cc3C1=O)OCCO2)c1cc(C(=N)N)cs1. The van der Waals surface area contributed by atoms with Gasteiger partial charge >= 0.3 is 0 Å². The van der Waals surface area contributed by atoms with Crippen molar-refractivity contribution in [3.63, 3.8) is 0 Å². The lowest BCUT2D eigenvalue weighted by atomic mass is 10.0. The summed E-state index contributed by atoms with van der Waals surface area (Å²) < 4.78 is 11.7. The van der Waals surface area contributed by atoms with Crippen molar-refractivity contribution in [2.45, 2.75) is 37.8 Å². The van der Waals surface area contributed by atoms with Gasteiger partial charge in [-0.3, -0.25) is 19.8 Å². The predicted molar refractivity (Wildman–Crippen MR) is 153 cm³/mol. The number of amides is 3. The van der Waals surface area contributed by atoms with E-state index >= 15 is 0 Å². The van der Waals surface area contributed by atoms with Crippen LogP contribution in [-0.4, -0.2) is 71.5 Å². The summed E-state index contributed by atoms with van der Waals surface area (Å²) in [5.41, 5.74) is 9.59. The summed E-state index contributed by atoms with van der Waals surface area (Å²) in [6.07, 6.45) is 0.203. The van der Waals surface area contributed by atoms with Crippen LogP contribution < -0.4 is 11.1 Å². The van der Waals surface area contributed by atoms with Crippen molar-refractivity contribution in [2.24, 2.45) is 5.73 Å². The number of nitrogens with zero attached hydrogens (tertiary/aromatic N) is 2. The minimum Gasteiger partial charge on any atom is -0.384 e. The van der Waals surface area contributed by atoms with Crippen LogP contribution in [0.3, 0.4) is 0 Å². The van der Waals surface area contributed by atoms with Gasteiger partial charge in [0.25, 0.3) is 5.91 Å². The van der Waals surface area contributed by atoms with Crippen LogP contribution in [0.15, 0.2) is 60.0 Å². The predicted octanol–water partition coefficient (Wildman–Crippen LogP) is 2.88. The van der Waals surface area contributed by atoms with E-state index in [1.807, 2.05) is 55.5 Å². The Bertz CT molecular complexity index is 1520. The molecule has 0 radical (unpaired) electrons. The molecule has 2 saturated heterocycles. The second-order valence-corrected chi connectivity index (χ2v) is 11.6. The zero-order valence-electron chi connectivity index (χ0n) is 22.6. The van der Waals surface area contributed by atoms with Crippen molar-refractivity contribution >= 4 is 34.9 Å². The molecule has 2 aromatic carbocycles. The number of nitrogens with one attached hydrogen (secondary N) is 2. The molecule has 3 amide bonds. The fourth-order valence-electron chi connectivity index (χ4n) is 5.70. The van der Waals surface area contributed by atoms with Gasteiger partial charge in [0.15, 0.2) is 5.79 Å². The van der Waals surface area contributed by atoms with Crippen LogP contribution in [0, 0.1) is 5.41 Å². The summed E-state index contributed by atoms with van der Waals surface area (Å²) >= 11 is 1.40. The number of likely N-dealkylation sites (tertiary alicyclic amines) is 1. The molecular formula is C30H31N5O5S. The highest BCUT2D eigenvalue weighted by atomic mass is 32.1. The van der Waals surface area contributed by atoms with Crippen molar-refractivity contribution in [1.29, 1.82) is 5.41 Å². The first kappa shape index (κ1) is 27.1. The molecule has 11 heteroatoms. The fourth-order valence-corrected chi connectivity index (χ4v) is 6.61. The van der Waals surface area contributed by atoms with Crippen LogP contribution in [0.25, 0.3) is 11.1 Å². The first-order chi connectivity index (χ1) is 19.7. The van der Waals surface area contributed by atoms with Gasteiger partial charge in [-0.2, -0.15) is 0 Å². The smallest absolute Gasteiger partial charge is 0.254 e. The Kier molecular flexibility index (Phi) is 7.10. The Morgan fingerprint density at radius 1 is 1.15 bits per heavy atom. The maximum atomic E-state index is 13.7. The first-order valence-corrected chi connectivity index (χ1v) is 14.4. The molecule has 1 spiro atoms. The van der Waals surface area contributed by atoms with Crippen molar-refractivity contribution < 1.29 is 23.9 Å². The maximum Gasteiger partial charge on any atom is 0.254 e. The van der Waals surface area contributed by atoms with E-state index in [0.717, 1.165) is 21.6 Å². The second-order valence-electron chi connectivity index (χ2n) is 10.6. The van der Waals surface area contributed by atoms with E-state index < -0.39 is 11.8 Å². The molecule has 41 heavy (non-hydrogen) atoms. The quantitative estimate of drug-likeness (QED) is 0.294. The molecule has 3 aliphatic heterocycles. The van der Waals surface area contributed by atoms with Gasteiger partial charge in [-0.15, -0.1) is 11.3 Å². The number of fused-ring (bicyclic) bond motifs is 1. The number of nitrogen functional groups attached to an aromatic ring is 1. The Labute approximate surface area is 241 Å². The number of thiophene rings is 1. The minimum atomic E-state index is -1.03. The highest BCUT2D eigenvalue weighted by Crippen LogP contribution is 2.36. The molecule has 212 valence electrons. The van der Waals surface area contributed by atoms with Crippen LogP contribution >= 0.6 is 11.3 Å². The van der Waals surface area contributed by atoms with Crippen LogP contribution in [0.4, 0.5) is 0 Å². The average molecular weight is 574 g/mol. The minimum absolute atomic E-state index is 0.0361. The molecule has 2 atom stereocenters. The molecule has 10 nitrogen and oxygen atoms in total. The number of nitrogens with two attached hydrogens (primary N) is 1. The van der Waals surface area contributed by atoms with E-state index in [0.29, 0.717) is 30.9 Å². The van der Waals surface area contributed by atoms with Gasteiger partial charge in [0, 0.05) is 34.3 Å². The normalized spacial score (nSPS) is 19.9. The zero-order valence-corrected chi connectivity index (χ0v) is 23.4. The van der Waals surface area contributed by atoms with Gasteiger partial charge in [0.2, 0.25) is 11.8 Å². The number of ether oxygens (including phenoxy) is 2. The Balaban J connectivity index is 1.17. The molecule has 0 aliphatic carbocycles. The molecule has 6 rings (SSSR count). The van der Waals surface area contributed by atoms with Crippen LogP contribution in [0.2, 0.25) is 0 Å². The number of benzene rings is 2. The highest BCUT2D eigenvalue weighted by molar-refractivity contribution is 7.10. The number of hydrogen-bond acceptors (Lipinski definition) is 7. The van der Waals surface area contributed by atoms with E-state index in [-0.39, 0.29) is 49.1 Å². The van der Waals surface area contributed by atoms with Crippen LogP contribution in [0.5, 0.6) is 0 Å². The molecule has 0 bridgehead atoms. The summed E-state index contributed by atoms with van der Waals surface area (Å²) in [6.45, 7) is 2.90. The molecule has 1 aromatic heterocycles. The number of carbonyl (C=O) groups excluding carboxylic acids is 3. The second kappa shape index (κ2) is 10.7. The van der Waals surface area contributed by atoms with Gasteiger partial charge in [-0.1, -0.05) is 42.5 Å². The molecule has 3 aromatic rings. The van der Waals surface area contributed by atoms with Gasteiger partial charge in [0.1, 0.15) is 18.4 Å². The van der Waals surface area contributed by atoms with Gasteiger partial charge in [-0.25, -0.2) is 0 Å². The monoisotopic (exact) mass is 573 g/mol. The third kappa shape index (κ3) is 5.23. The summed E-state index contributed by atoms with van der Waals surface area (Å²) in [4.78, 5) is 44.4. The Morgan fingerprint density at radius 3 is 2.61 bits per heavy atom. The largest absolute Gasteiger partial charge is 0.384 e. The molecule has 4 N–H and O–H groups in total. The number of hydrogen-bond donors (Lipinski definition) is 3. The average Bonchev–Trinajstić information content (AvgIpc) is 3.77. The van der Waals surface area contributed by atoms with Gasteiger partial charge < -0.3 is 30.3 Å². The summed E-state index contributed by atoms with van der Waals surface area (Å²) in [7, 11) is 0. The lowest BCUT2D eigenvalue weighted by molar-refractivity contribution is -0.152. The van der Waals surface area contributed by atoms with Crippen molar-refractivity contribution in [3.8, 4) is 11.1 Å². The molecule has 2 fully saturated rings. The summed E-state index contributed by atoms with van der Waals surface area (Å²) in [6, 6.07) is 16.2. The molecule has 1 unspecified atom stereocenters. The van der Waals surface area contributed by atoms with Gasteiger partial charge in [0.05, 0.1) is 25.8 Å². The van der Waals surface area contributed by atoms with Crippen LogP contribution in [0.1, 0.15) is 45.7 Å². The van der Waals surface area contributed by atoms with Crippen molar-refractivity contribution in [2.75, 3.05) is 26.3 Å². The lowest BCUT2D eigenvalue weighted by Crippen LogP contribution is -2.49. The van der Waals surface area contributed by atoms with Crippen LogP contribution in [-0.2, 0) is 25.6 Å². The van der Waals surface area contributed by atoms with Crippen molar-refractivity contribution in [1.82, 2.24) is 15.1 Å². The highest BCUT2D eigenvalue weighted by Gasteiger charge is 2.53. The van der Waals surface area contributed by atoms with Gasteiger partial charge in [-0.05, 0) is 35.7 Å². The van der Waals surface area contributed by atoms with E-state index in [4.69, 9.17) is 20.6 Å². The first-order valence-electron chi connectivity index (χ1n) is 13.5. The Morgan fingerprint density at radius 2 is 1.90 bits per heavy atom. The lowest BCUT2D eigenvalue weighted by Gasteiger charge is -2.27. The number of rotatable bonds is 7. The third-order valence-electron chi connectivity index (χ3n) is 7.87. The van der Waals surface area contributed by atoms with E-state index in [2.05, 4.69) is 5.32 Å². The topological polar surface area (TPSA) is 138 Å². The zero-order chi connectivity index (χ0) is 28.7. The Hall–Kier alpha value is -4.06. The molecule has 4 heterocycles. The molecule has 3 aliphatic rings. The van der Waals surface area contributed by atoms with E-state index in [1.165, 1.54) is 21.1 Å². The van der Waals surface area contributed by atoms with E-state index in [9.17, 15) is 14.4 Å². The number of amidine groups is 1. The van der Waals surface area contributed by atoms with Crippen molar-refractivity contribution in [3.05, 3.63) is 81.5 Å². The summed E-state index contributed by atoms with van der Waals surface area (Å²) in [5.74, 6) is -1.95. The maximum absolute atomic E-state index is 13.7. The number of carbonyl (C=O) groups is 3. The standard InChI is InChI=1S/C30H31N5O5S/c1-18(25-12-22(16-41-25)27(31)32)33-28(37)24-13-30(39-9-10-40-30)17-35(24)26(36)15-34-14-21-8-7-20(11-23(21)29(34)38)19-5-3-2-4-6-19/h2-8,11-12,16,18,24H,9-10,13-15,17H2,1H3,(H3,31,32)(H,33,37)/t18?,24-/m0/s1. The molecular weight excluding hydrogens is 542 g/mol.